The molecule has 0 bridgehead atoms. The second-order valence-electron chi connectivity index (χ2n) is 5.60. The van der Waals surface area contributed by atoms with E-state index in [1.54, 1.807) is 36.2 Å². The smallest absolute Gasteiger partial charge is 0.262 e. The van der Waals surface area contributed by atoms with Crippen LogP contribution in [-0.4, -0.2) is 23.3 Å². The molecule has 1 fully saturated rings. The van der Waals surface area contributed by atoms with E-state index in [-0.39, 0.29) is 11.0 Å². The first-order chi connectivity index (χ1) is 9.65. The number of benzene rings is 1. The van der Waals surface area contributed by atoms with Crippen LogP contribution < -0.4 is 5.56 Å². The molecule has 0 unspecified atom stereocenters. The lowest BCUT2D eigenvalue weighted by Crippen LogP contribution is -2.41. The summed E-state index contributed by atoms with van der Waals surface area (Å²) in [5, 5.41) is 0.965. The highest BCUT2D eigenvalue weighted by Gasteiger charge is 2.37. The highest BCUT2D eigenvalue weighted by atomic mass is 35.5. The number of methoxy groups -OCH3 is 1. The highest BCUT2D eigenvalue weighted by molar-refractivity contribution is 6.35. The molecule has 0 amide bonds. The third kappa shape index (κ3) is 2.23. The van der Waals surface area contributed by atoms with Crippen molar-refractivity contribution in [1.82, 2.24) is 9.55 Å². The molecule has 1 aliphatic carbocycles. The van der Waals surface area contributed by atoms with Crippen molar-refractivity contribution in [2.75, 3.05) is 13.7 Å². The van der Waals surface area contributed by atoms with Gasteiger partial charge in [-0.15, -0.1) is 0 Å². The molecule has 1 aromatic heterocycles. The highest BCUT2D eigenvalue weighted by Crippen LogP contribution is 2.42. The van der Waals surface area contributed by atoms with E-state index in [9.17, 15) is 4.79 Å². The van der Waals surface area contributed by atoms with E-state index in [4.69, 9.17) is 16.3 Å². The molecule has 2 aromatic rings. The van der Waals surface area contributed by atoms with E-state index in [0.29, 0.717) is 29.1 Å². The van der Waals surface area contributed by atoms with Crippen LogP contribution in [-0.2, 0) is 11.3 Å². The van der Waals surface area contributed by atoms with E-state index < -0.39 is 0 Å². The number of ether oxygens (including phenoxy) is 1. The van der Waals surface area contributed by atoms with Crippen molar-refractivity contribution in [2.24, 2.45) is 5.41 Å². The third-order valence-corrected chi connectivity index (χ3v) is 4.49. The van der Waals surface area contributed by atoms with Crippen molar-refractivity contribution in [3.8, 4) is 0 Å². The van der Waals surface area contributed by atoms with Gasteiger partial charge in [0.1, 0.15) is 0 Å². The van der Waals surface area contributed by atoms with Crippen molar-refractivity contribution in [1.29, 1.82) is 0 Å². The molecule has 4 nitrogen and oxygen atoms in total. The Morgan fingerprint density at radius 1 is 1.45 bits per heavy atom. The van der Waals surface area contributed by atoms with E-state index in [2.05, 4.69) is 4.98 Å². The van der Waals surface area contributed by atoms with Gasteiger partial charge in [0.2, 0.25) is 0 Å². The van der Waals surface area contributed by atoms with Crippen LogP contribution in [0.4, 0.5) is 0 Å². The largest absolute Gasteiger partial charge is 0.384 e. The molecule has 0 spiro atoms. The van der Waals surface area contributed by atoms with Gasteiger partial charge in [-0.05, 0) is 25.0 Å². The van der Waals surface area contributed by atoms with Crippen LogP contribution >= 0.6 is 11.6 Å². The van der Waals surface area contributed by atoms with Crippen LogP contribution in [0.15, 0.2) is 29.3 Å². The predicted octanol–water partition coefficient (Wildman–Crippen LogP) is 2.87. The minimum absolute atomic E-state index is 0.0667. The number of hydrogen-bond acceptors (Lipinski definition) is 3. The summed E-state index contributed by atoms with van der Waals surface area (Å²) in [6.45, 7) is 1.33. The van der Waals surface area contributed by atoms with Gasteiger partial charge in [0.25, 0.3) is 5.56 Å². The lowest BCUT2D eigenvalue weighted by molar-refractivity contribution is 0.00254. The maximum atomic E-state index is 12.6. The van der Waals surface area contributed by atoms with Gasteiger partial charge in [-0.2, -0.15) is 0 Å². The Kier molecular flexibility index (Phi) is 3.52. The molecular weight excluding hydrogens is 276 g/mol. The first-order valence-corrected chi connectivity index (χ1v) is 7.16. The first-order valence-electron chi connectivity index (χ1n) is 6.78. The van der Waals surface area contributed by atoms with Gasteiger partial charge in [-0.1, -0.05) is 24.1 Å². The number of rotatable bonds is 4. The van der Waals surface area contributed by atoms with Crippen LogP contribution in [0.25, 0.3) is 10.9 Å². The van der Waals surface area contributed by atoms with Gasteiger partial charge < -0.3 is 4.74 Å². The zero-order chi connectivity index (χ0) is 14.2. The second-order valence-corrected chi connectivity index (χ2v) is 6.01. The number of fused-ring (bicyclic) bond motifs is 1. The lowest BCUT2D eigenvalue weighted by Gasteiger charge is -2.41. The zero-order valence-corrected chi connectivity index (χ0v) is 12.2. The Balaban J connectivity index is 2.02. The van der Waals surface area contributed by atoms with Crippen molar-refractivity contribution in [3.63, 3.8) is 0 Å². The topological polar surface area (TPSA) is 44.1 Å². The normalized spacial score (nSPS) is 17.1. The summed E-state index contributed by atoms with van der Waals surface area (Å²) in [7, 11) is 1.71. The molecule has 1 heterocycles. The molecule has 0 aliphatic heterocycles. The maximum Gasteiger partial charge on any atom is 0.262 e. The molecule has 20 heavy (non-hydrogen) atoms. The molecule has 5 heteroatoms. The SMILES string of the molecule is COCC1(Cn2cnc3cccc(Cl)c3c2=O)CCC1. The molecule has 0 atom stereocenters. The van der Waals surface area contributed by atoms with Gasteiger partial charge in [0.15, 0.2) is 0 Å². The van der Waals surface area contributed by atoms with Gasteiger partial charge in [0, 0.05) is 19.1 Å². The Morgan fingerprint density at radius 3 is 2.90 bits per heavy atom. The van der Waals surface area contributed by atoms with E-state index in [1.165, 1.54) is 6.42 Å². The monoisotopic (exact) mass is 292 g/mol. The van der Waals surface area contributed by atoms with Gasteiger partial charge in [-0.25, -0.2) is 4.98 Å². The van der Waals surface area contributed by atoms with Crippen LogP contribution in [0, 0.1) is 5.41 Å². The predicted molar refractivity (Wildman–Crippen MR) is 79.2 cm³/mol. The fraction of sp³-hybridized carbons (Fsp3) is 0.467. The van der Waals surface area contributed by atoms with Crippen molar-refractivity contribution in [2.45, 2.75) is 25.8 Å². The molecule has 1 aromatic carbocycles. The Hall–Kier alpha value is -1.39. The molecule has 1 aliphatic rings. The van der Waals surface area contributed by atoms with Crippen molar-refractivity contribution >= 4 is 22.5 Å². The molecule has 1 saturated carbocycles. The summed E-state index contributed by atoms with van der Waals surface area (Å²) in [5.74, 6) is 0. The number of halogens is 1. The minimum Gasteiger partial charge on any atom is -0.384 e. The first kappa shape index (κ1) is 13.6. The second kappa shape index (κ2) is 5.19. The van der Waals surface area contributed by atoms with Gasteiger partial charge in [-0.3, -0.25) is 9.36 Å². The molecule has 0 saturated heterocycles. The Morgan fingerprint density at radius 2 is 2.25 bits per heavy atom. The summed E-state index contributed by atoms with van der Waals surface area (Å²) in [4.78, 5) is 16.9. The van der Waals surface area contributed by atoms with Crippen LogP contribution in [0.5, 0.6) is 0 Å². The molecule has 106 valence electrons. The van der Waals surface area contributed by atoms with E-state index in [1.807, 2.05) is 0 Å². The summed E-state index contributed by atoms with van der Waals surface area (Å²) in [6, 6.07) is 5.34. The summed E-state index contributed by atoms with van der Waals surface area (Å²) in [5.41, 5.74) is 0.658. The number of nitrogens with zero attached hydrogens (tertiary/aromatic N) is 2. The van der Waals surface area contributed by atoms with Crippen LogP contribution in [0.2, 0.25) is 5.02 Å². The molecular formula is C15H17ClN2O2. The number of aromatic nitrogens is 2. The Labute approximate surface area is 122 Å². The quantitative estimate of drug-likeness (QED) is 0.870. The number of hydrogen-bond donors (Lipinski definition) is 0. The van der Waals surface area contributed by atoms with Crippen LogP contribution in [0.3, 0.4) is 0 Å². The van der Waals surface area contributed by atoms with Crippen molar-refractivity contribution < 1.29 is 4.74 Å². The van der Waals surface area contributed by atoms with Gasteiger partial charge in [0.05, 0.1) is 28.9 Å². The average molecular weight is 293 g/mol. The third-order valence-electron chi connectivity index (χ3n) is 4.17. The Bertz CT molecular complexity index is 692. The summed E-state index contributed by atoms with van der Waals surface area (Å²) < 4.78 is 6.98. The van der Waals surface area contributed by atoms with Crippen LogP contribution in [0.1, 0.15) is 19.3 Å². The maximum absolute atomic E-state index is 12.6. The molecule has 0 N–H and O–H groups in total. The molecule has 0 radical (unpaired) electrons. The standard InChI is InChI=1S/C15H17ClN2O2/c1-20-9-15(6-3-7-15)8-18-10-17-12-5-2-4-11(16)13(12)14(18)19/h2,4-5,10H,3,6-9H2,1H3. The lowest BCUT2D eigenvalue weighted by atomic mass is 9.69. The van der Waals surface area contributed by atoms with E-state index in [0.717, 1.165) is 12.8 Å². The fourth-order valence-electron chi connectivity index (χ4n) is 2.97. The van der Waals surface area contributed by atoms with Gasteiger partial charge >= 0.3 is 0 Å². The zero-order valence-electron chi connectivity index (χ0n) is 11.4. The van der Waals surface area contributed by atoms with Crippen molar-refractivity contribution in [3.05, 3.63) is 39.9 Å². The van der Waals surface area contributed by atoms with E-state index >= 15 is 0 Å². The average Bonchev–Trinajstić information content (AvgIpc) is 2.39. The summed E-state index contributed by atoms with van der Waals surface area (Å²) in [6.07, 6.45) is 5.00. The molecule has 3 rings (SSSR count). The summed E-state index contributed by atoms with van der Waals surface area (Å²) >= 11 is 6.14. The minimum atomic E-state index is -0.0667. The fourth-order valence-corrected chi connectivity index (χ4v) is 3.22.